The van der Waals surface area contributed by atoms with Crippen LogP contribution in [-0.2, 0) is 12.8 Å². The van der Waals surface area contributed by atoms with E-state index in [1.54, 1.807) is 0 Å². The molecular formula is C11H21N3S. The van der Waals surface area contributed by atoms with Crippen molar-refractivity contribution in [2.24, 2.45) is 7.05 Å². The molecule has 0 aromatic carbocycles. The zero-order chi connectivity index (χ0) is 11.4. The van der Waals surface area contributed by atoms with Crippen LogP contribution in [0, 0.1) is 6.92 Å². The van der Waals surface area contributed by atoms with Gasteiger partial charge in [0.25, 0.3) is 0 Å². The first-order valence-corrected chi connectivity index (χ1v) is 6.46. The predicted molar refractivity (Wildman–Crippen MR) is 68.5 cm³/mol. The normalized spacial score (nSPS) is 12.9. The van der Waals surface area contributed by atoms with Gasteiger partial charge in [-0.3, -0.25) is 4.68 Å². The Morgan fingerprint density at radius 3 is 2.73 bits per heavy atom. The Hall–Kier alpha value is -0.640. The standard InChI is InChI=1S/C11H21N3S/c1-6-8(2)15-7-10-9(3)13-14(5)11(10)12-4/h8,12H,6-7H2,1-5H3. The molecule has 0 fully saturated rings. The second-order valence-corrected chi connectivity index (χ2v) is 5.24. The number of rotatable bonds is 5. The van der Waals surface area contributed by atoms with Gasteiger partial charge in [0.05, 0.1) is 5.69 Å². The molecule has 1 aromatic heterocycles. The highest BCUT2D eigenvalue weighted by molar-refractivity contribution is 7.99. The summed E-state index contributed by atoms with van der Waals surface area (Å²) in [6.07, 6.45) is 1.22. The van der Waals surface area contributed by atoms with E-state index in [1.165, 1.54) is 12.0 Å². The van der Waals surface area contributed by atoms with Crippen molar-refractivity contribution >= 4 is 17.6 Å². The number of hydrogen-bond donors (Lipinski definition) is 1. The molecule has 4 heteroatoms. The van der Waals surface area contributed by atoms with Gasteiger partial charge in [-0.25, -0.2) is 0 Å². The van der Waals surface area contributed by atoms with Crippen LogP contribution in [0.15, 0.2) is 0 Å². The van der Waals surface area contributed by atoms with E-state index in [0.717, 1.165) is 17.3 Å². The lowest BCUT2D eigenvalue weighted by Gasteiger charge is -2.09. The maximum atomic E-state index is 4.43. The van der Waals surface area contributed by atoms with E-state index in [4.69, 9.17) is 0 Å². The molecule has 0 aliphatic heterocycles. The molecule has 86 valence electrons. The summed E-state index contributed by atoms with van der Waals surface area (Å²) in [6.45, 7) is 6.58. The molecule has 1 N–H and O–H groups in total. The van der Waals surface area contributed by atoms with Crippen LogP contribution in [-0.4, -0.2) is 22.1 Å². The molecule has 0 saturated heterocycles. The summed E-state index contributed by atoms with van der Waals surface area (Å²) in [6, 6.07) is 0. The van der Waals surface area contributed by atoms with E-state index in [0.29, 0.717) is 5.25 Å². The zero-order valence-electron chi connectivity index (χ0n) is 10.3. The number of hydrogen-bond acceptors (Lipinski definition) is 3. The van der Waals surface area contributed by atoms with Gasteiger partial charge in [0, 0.05) is 30.7 Å². The van der Waals surface area contributed by atoms with Gasteiger partial charge in [0.15, 0.2) is 0 Å². The lowest BCUT2D eigenvalue weighted by atomic mass is 10.3. The van der Waals surface area contributed by atoms with Gasteiger partial charge >= 0.3 is 0 Å². The molecule has 1 rings (SSSR count). The maximum absolute atomic E-state index is 4.43. The molecule has 0 radical (unpaired) electrons. The zero-order valence-corrected chi connectivity index (χ0v) is 11.1. The van der Waals surface area contributed by atoms with E-state index >= 15 is 0 Å². The van der Waals surface area contributed by atoms with Gasteiger partial charge < -0.3 is 5.32 Å². The summed E-state index contributed by atoms with van der Waals surface area (Å²) in [5, 5.41) is 8.36. The van der Waals surface area contributed by atoms with Gasteiger partial charge in [-0.2, -0.15) is 16.9 Å². The minimum absolute atomic E-state index is 0.717. The average Bonchev–Trinajstić information content (AvgIpc) is 2.49. The average molecular weight is 227 g/mol. The van der Waals surface area contributed by atoms with E-state index in [2.05, 4.69) is 31.2 Å². The van der Waals surface area contributed by atoms with Gasteiger partial charge in [-0.1, -0.05) is 13.8 Å². The number of aromatic nitrogens is 2. The van der Waals surface area contributed by atoms with Gasteiger partial charge in [0.2, 0.25) is 0 Å². The number of anilines is 1. The van der Waals surface area contributed by atoms with Crippen LogP contribution < -0.4 is 5.32 Å². The molecule has 1 heterocycles. The van der Waals surface area contributed by atoms with Crippen LogP contribution in [0.25, 0.3) is 0 Å². The fraction of sp³-hybridized carbons (Fsp3) is 0.727. The molecule has 0 spiro atoms. The smallest absolute Gasteiger partial charge is 0.128 e. The van der Waals surface area contributed by atoms with Gasteiger partial charge in [0.1, 0.15) is 5.82 Å². The van der Waals surface area contributed by atoms with Crippen LogP contribution in [0.5, 0.6) is 0 Å². The second-order valence-electron chi connectivity index (χ2n) is 3.82. The summed E-state index contributed by atoms with van der Waals surface area (Å²) in [5.41, 5.74) is 2.47. The quantitative estimate of drug-likeness (QED) is 0.839. The lowest BCUT2D eigenvalue weighted by molar-refractivity contribution is 0.763. The van der Waals surface area contributed by atoms with E-state index < -0.39 is 0 Å². The Morgan fingerprint density at radius 1 is 1.53 bits per heavy atom. The monoisotopic (exact) mass is 227 g/mol. The molecule has 1 unspecified atom stereocenters. The number of nitrogens with one attached hydrogen (secondary N) is 1. The second kappa shape index (κ2) is 5.45. The third kappa shape index (κ3) is 2.91. The molecule has 15 heavy (non-hydrogen) atoms. The Balaban J connectivity index is 2.75. The van der Waals surface area contributed by atoms with E-state index in [9.17, 15) is 0 Å². The maximum Gasteiger partial charge on any atom is 0.128 e. The molecule has 0 bridgehead atoms. The Kier molecular flexibility index (Phi) is 4.51. The molecule has 3 nitrogen and oxygen atoms in total. The van der Waals surface area contributed by atoms with Crippen LogP contribution in [0.2, 0.25) is 0 Å². The number of thioether (sulfide) groups is 1. The molecule has 0 amide bonds. The summed E-state index contributed by atoms with van der Waals surface area (Å²) in [5.74, 6) is 2.19. The highest BCUT2D eigenvalue weighted by atomic mass is 32.2. The molecule has 0 saturated carbocycles. The molecule has 0 aliphatic rings. The highest BCUT2D eigenvalue weighted by Gasteiger charge is 2.12. The SMILES string of the molecule is CCC(C)SCc1c(C)nn(C)c1NC. The summed E-state index contributed by atoms with van der Waals surface area (Å²) >= 11 is 1.99. The highest BCUT2D eigenvalue weighted by Crippen LogP contribution is 2.26. The fourth-order valence-corrected chi connectivity index (χ4v) is 2.56. The lowest BCUT2D eigenvalue weighted by Crippen LogP contribution is -2.01. The van der Waals surface area contributed by atoms with Crippen molar-refractivity contribution in [1.29, 1.82) is 0 Å². The van der Waals surface area contributed by atoms with Crippen LogP contribution in [0.1, 0.15) is 31.5 Å². The first-order valence-electron chi connectivity index (χ1n) is 5.42. The molecule has 1 aromatic rings. The van der Waals surface area contributed by atoms with E-state index in [1.807, 2.05) is 30.5 Å². The third-order valence-corrected chi connectivity index (χ3v) is 4.03. The predicted octanol–water partition coefficient (Wildman–Crippen LogP) is 2.80. The van der Waals surface area contributed by atoms with Crippen molar-refractivity contribution in [3.05, 3.63) is 11.3 Å². The Bertz CT molecular complexity index is 320. The molecule has 1 atom stereocenters. The Labute approximate surface area is 96.6 Å². The number of aryl methyl sites for hydroxylation is 2. The third-order valence-electron chi connectivity index (χ3n) is 2.67. The number of nitrogens with zero attached hydrogens (tertiary/aromatic N) is 2. The first-order chi connectivity index (χ1) is 7.10. The van der Waals surface area contributed by atoms with Crippen molar-refractivity contribution < 1.29 is 0 Å². The summed E-state index contributed by atoms with van der Waals surface area (Å²) < 4.78 is 1.92. The summed E-state index contributed by atoms with van der Waals surface area (Å²) in [7, 11) is 3.93. The van der Waals surface area contributed by atoms with Gasteiger partial charge in [-0.05, 0) is 13.3 Å². The van der Waals surface area contributed by atoms with Crippen molar-refractivity contribution in [2.75, 3.05) is 12.4 Å². The molecule has 0 aliphatic carbocycles. The summed E-state index contributed by atoms with van der Waals surface area (Å²) in [4.78, 5) is 0. The Morgan fingerprint density at radius 2 is 2.20 bits per heavy atom. The first kappa shape index (κ1) is 12.4. The minimum Gasteiger partial charge on any atom is -0.373 e. The van der Waals surface area contributed by atoms with Crippen LogP contribution in [0.4, 0.5) is 5.82 Å². The van der Waals surface area contributed by atoms with Crippen molar-refractivity contribution in [3.63, 3.8) is 0 Å². The fourth-order valence-electron chi connectivity index (χ4n) is 1.53. The van der Waals surface area contributed by atoms with Crippen LogP contribution >= 0.6 is 11.8 Å². The van der Waals surface area contributed by atoms with Crippen molar-refractivity contribution in [1.82, 2.24) is 9.78 Å². The van der Waals surface area contributed by atoms with Crippen LogP contribution in [0.3, 0.4) is 0 Å². The molecular weight excluding hydrogens is 206 g/mol. The van der Waals surface area contributed by atoms with Crippen molar-refractivity contribution in [2.45, 2.75) is 38.2 Å². The van der Waals surface area contributed by atoms with Crippen molar-refractivity contribution in [3.8, 4) is 0 Å². The topological polar surface area (TPSA) is 29.9 Å². The van der Waals surface area contributed by atoms with E-state index in [-0.39, 0.29) is 0 Å². The minimum atomic E-state index is 0.717. The van der Waals surface area contributed by atoms with Gasteiger partial charge in [-0.15, -0.1) is 0 Å². The largest absolute Gasteiger partial charge is 0.373 e.